The Labute approximate surface area is 438 Å². The lowest BCUT2D eigenvalue weighted by Crippen LogP contribution is -2.60. The van der Waals surface area contributed by atoms with E-state index in [1.54, 1.807) is 0 Å². The van der Waals surface area contributed by atoms with Crippen LogP contribution in [0.2, 0.25) is 0 Å². The second kappa shape index (κ2) is 51.9. The number of aliphatic hydroxyl groups excluding tert-OH is 5. The summed E-state index contributed by atoms with van der Waals surface area (Å²) in [6.45, 7) is 3.79. The van der Waals surface area contributed by atoms with Gasteiger partial charge in [0.25, 0.3) is 0 Å². The van der Waals surface area contributed by atoms with E-state index < -0.39 is 49.5 Å². The minimum atomic E-state index is -1.55. The zero-order valence-electron chi connectivity index (χ0n) is 46.5. The predicted octanol–water partition coefficient (Wildman–Crippen LogP) is 15.5. The minimum Gasteiger partial charge on any atom is -0.394 e. The van der Waals surface area contributed by atoms with Crippen molar-refractivity contribution in [2.75, 3.05) is 13.2 Å². The zero-order chi connectivity index (χ0) is 51.5. The molecule has 1 saturated heterocycles. The number of unbranched alkanes of at least 4 members (excludes halogenated alkanes) is 37. The number of aliphatic hydroxyl groups is 5. The first-order chi connectivity index (χ1) is 34.8. The van der Waals surface area contributed by atoms with Crippen LogP contribution in [-0.2, 0) is 14.3 Å². The molecule has 0 aromatic rings. The van der Waals surface area contributed by atoms with Crippen LogP contribution in [0.15, 0.2) is 36.5 Å². The average molecular weight is 1000 g/mol. The molecule has 7 atom stereocenters. The number of carbonyl (C=O) groups excluding carboxylic acids is 1. The SMILES string of the molecule is CCCCCCC/C=C\C/C=C\C/C=C\CCCCCCCCCCCCCCCCCCCCCCCCCCCCC(=O)NC(COC1OC(CO)C(O)C(O)C1O)C(O)CCCCCCCCC. The van der Waals surface area contributed by atoms with Crippen LogP contribution < -0.4 is 5.32 Å². The third-order valence-corrected chi connectivity index (χ3v) is 14.7. The van der Waals surface area contributed by atoms with Gasteiger partial charge in [-0.05, 0) is 51.4 Å². The Morgan fingerprint density at radius 2 is 0.831 bits per heavy atom. The van der Waals surface area contributed by atoms with E-state index >= 15 is 0 Å². The lowest BCUT2D eigenvalue weighted by Gasteiger charge is -2.40. The summed E-state index contributed by atoms with van der Waals surface area (Å²) in [5.41, 5.74) is 0. The molecule has 1 aliphatic rings. The first kappa shape index (κ1) is 67.4. The van der Waals surface area contributed by atoms with Crippen LogP contribution in [0.25, 0.3) is 0 Å². The van der Waals surface area contributed by atoms with Crippen molar-refractivity contribution in [3.63, 3.8) is 0 Å². The van der Waals surface area contributed by atoms with Gasteiger partial charge in [-0.25, -0.2) is 0 Å². The lowest BCUT2D eigenvalue weighted by molar-refractivity contribution is -0.302. The van der Waals surface area contributed by atoms with Crippen LogP contribution >= 0.6 is 0 Å². The average Bonchev–Trinajstić information content (AvgIpc) is 3.37. The van der Waals surface area contributed by atoms with Crippen molar-refractivity contribution < 1.29 is 39.8 Å². The number of hydrogen-bond donors (Lipinski definition) is 6. The van der Waals surface area contributed by atoms with E-state index in [1.807, 2.05) is 0 Å². The van der Waals surface area contributed by atoms with E-state index in [2.05, 4.69) is 55.6 Å². The maximum Gasteiger partial charge on any atom is 0.220 e. The molecule has 1 aliphatic heterocycles. The quantitative estimate of drug-likeness (QED) is 0.0261. The molecule has 7 unspecified atom stereocenters. The van der Waals surface area contributed by atoms with Gasteiger partial charge < -0.3 is 40.3 Å². The van der Waals surface area contributed by atoms with Crippen LogP contribution in [-0.4, -0.2) is 87.5 Å². The summed E-state index contributed by atoms with van der Waals surface area (Å²) in [5, 5.41) is 54.2. The molecule has 1 amide bonds. The fourth-order valence-electron chi connectivity index (χ4n) is 9.88. The van der Waals surface area contributed by atoms with Gasteiger partial charge in [0.05, 0.1) is 25.4 Å². The number of rotatable bonds is 53. The van der Waals surface area contributed by atoms with Crippen LogP contribution in [0, 0.1) is 0 Å². The molecule has 418 valence electrons. The number of carbonyl (C=O) groups is 1. The van der Waals surface area contributed by atoms with E-state index in [9.17, 15) is 30.3 Å². The molecule has 0 bridgehead atoms. The molecule has 1 rings (SSSR count). The molecule has 0 spiro atoms. The van der Waals surface area contributed by atoms with Crippen LogP contribution in [0.3, 0.4) is 0 Å². The standard InChI is InChI=1S/C62H117NO8/c1-3-5-7-9-11-12-13-14-15-16-17-18-19-20-21-22-23-24-25-26-27-28-29-30-31-32-33-34-35-36-37-38-39-40-41-42-43-44-46-48-50-52-58(66)63-55(56(65)51-49-47-45-10-8-6-4-2)54-70-62-61(69)60(68)59(67)57(53-64)71-62/h13-14,16-17,19-20,55-57,59-62,64-65,67-69H,3-12,15,18,21-54H2,1-2H3,(H,63,66)/b14-13-,17-16-,20-19-. The topological polar surface area (TPSA) is 149 Å². The highest BCUT2D eigenvalue weighted by Crippen LogP contribution is 2.23. The van der Waals surface area contributed by atoms with E-state index in [1.165, 1.54) is 218 Å². The van der Waals surface area contributed by atoms with E-state index in [0.29, 0.717) is 12.8 Å². The summed E-state index contributed by atoms with van der Waals surface area (Å²) in [7, 11) is 0. The molecule has 9 heteroatoms. The molecule has 6 N–H and O–H groups in total. The first-order valence-electron chi connectivity index (χ1n) is 30.7. The van der Waals surface area contributed by atoms with Gasteiger partial charge in [0, 0.05) is 6.42 Å². The summed E-state index contributed by atoms with van der Waals surface area (Å²) in [4.78, 5) is 13.0. The Morgan fingerprint density at radius 3 is 1.23 bits per heavy atom. The van der Waals surface area contributed by atoms with Crippen molar-refractivity contribution in [3.8, 4) is 0 Å². The van der Waals surface area contributed by atoms with Crippen molar-refractivity contribution in [3.05, 3.63) is 36.5 Å². The Morgan fingerprint density at radius 1 is 0.479 bits per heavy atom. The molecular formula is C62H117NO8. The number of ether oxygens (including phenoxy) is 2. The summed E-state index contributed by atoms with van der Waals surface area (Å²) >= 11 is 0. The van der Waals surface area contributed by atoms with Gasteiger partial charge in [0.1, 0.15) is 24.4 Å². The van der Waals surface area contributed by atoms with Gasteiger partial charge in [0.15, 0.2) is 6.29 Å². The first-order valence-corrected chi connectivity index (χ1v) is 30.7. The Hall–Kier alpha value is -1.59. The van der Waals surface area contributed by atoms with E-state index in [-0.39, 0.29) is 12.5 Å². The van der Waals surface area contributed by atoms with Crippen molar-refractivity contribution in [1.82, 2.24) is 5.32 Å². The molecule has 1 fully saturated rings. The second-order valence-electron chi connectivity index (χ2n) is 21.5. The van der Waals surface area contributed by atoms with E-state index in [4.69, 9.17) is 9.47 Å². The summed E-state index contributed by atoms with van der Waals surface area (Å²) in [6.07, 6.45) is 61.1. The smallest absolute Gasteiger partial charge is 0.220 e. The van der Waals surface area contributed by atoms with Gasteiger partial charge in [-0.2, -0.15) is 0 Å². The van der Waals surface area contributed by atoms with Crippen molar-refractivity contribution in [2.24, 2.45) is 0 Å². The van der Waals surface area contributed by atoms with Crippen LogP contribution in [0.5, 0.6) is 0 Å². The highest BCUT2D eigenvalue weighted by Gasteiger charge is 2.44. The predicted molar refractivity (Wildman–Crippen MR) is 300 cm³/mol. The Balaban J connectivity index is 1.93. The van der Waals surface area contributed by atoms with Crippen molar-refractivity contribution in [1.29, 1.82) is 0 Å². The maximum absolute atomic E-state index is 13.0. The fraction of sp³-hybridized carbons (Fsp3) is 0.887. The van der Waals surface area contributed by atoms with Crippen molar-refractivity contribution in [2.45, 2.75) is 339 Å². The summed E-state index contributed by atoms with van der Waals surface area (Å²) in [5.74, 6) is -0.144. The molecule has 9 nitrogen and oxygen atoms in total. The highest BCUT2D eigenvalue weighted by molar-refractivity contribution is 5.76. The number of hydrogen-bond acceptors (Lipinski definition) is 8. The minimum absolute atomic E-state index is 0.135. The third-order valence-electron chi connectivity index (χ3n) is 14.7. The van der Waals surface area contributed by atoms with Gasteiger partial charge in [0.2, 0.25) is 5.91 Å². The molecule has 1 heterocycles. The number of nitrogens with one attached hydrogen (secondary N) is 1. The molecule has 71 heavy (non-hydrogen) atoms. The largest absolute Gasteiger partial charge is 0.394 e. The molecule has 0 saturated carbocycles. The molecular weight excluding hydrogens is 887 g/mol. The molecule has 0 aliphatic carbocycles. The molecule has 0 aromatic heterocycles. The number of amides is 1. The highest BCUT2D eigenvalue weighted by atomic mass is 16.7. The van der Waals surface area contributed by atoms with Gasteiger partial charge in [-0.3, -0.25) is 4.79 Å². The lowest BCUT2D eigenvalue weighted by atomic mass is 9.99. The van der Waals surface area contributed by atoms with Crippen molar-refractivity contribution >= 4 is 5.91 Å². The maximum atomic E-state index is 13.0. The van der Waals surface area contributed by atoms with Crippen LogP contribution in [0.4, 0.5) is 0 Å². The summed E-state index contributed by atoms with van der Waals surface area (Å²) < 4.78 is 11.2. The molecule has 0 radical (unpaired) electrons. The zero-order valence-corrected chi connectivity index (χ0v) is 46.5. The van der Waals surface area contributed by atoms with E-state index in [0.717, 1.165) is 51.4 Å². The van der Waals surface area contributed by atoms with Gasteiger partial charge >= 0.3 is 0 Å². The summed E-state index contributed by atoms with van der Waals surface area (Å²) in [6, 6.07) is -0.713. The second-order valence-corrected chi connectivity index (χ2v) is 21.5. The fourth-order valence-corrected chi connectivity index (χ4v) is 9.88. The normalized spacial score (nSPS) is 19.5. The third kappa shape index (κ3) is 41.4. The number of allylic oxidation sites excluding steroid dienone is 6. The van der Waals surface area contributed by atoms with Crippen LogP contribution in [0.1, 0.15) is 296 Å². The molecule has 0 aromatic carbocycles. The Kier molecular flexibility index (Phi) is 49.3. The van der Waals surface area contributed by atoms with Gasteiger partial charge in [-0.15, -0.1) is 0 Å². The Bertz CT molecular complexity index is 1210. The van der Waals surface area contributed by atoms with Gasteiger partial charge in [-0.1, -0.05) is 275 Å². The monoisotopic (exact) mass is 1000 g/mol.